The van der Waals surface area contributed by atoms with Crippen molar-refractivity contribution in [3.63, 3.8) is 0 Å². The molecule has 1 atom stereocenters. The molecule has 0 aliphatic rings. The van der Waals surface area contributed by atoms with Gasteiger partial charge in [-0.15, -0.1) is 0 Å². The smallest absolute Gasteiger partial charge is 0.258 e. The summed E-state index contributed by atoms with van der Waals surface area (Å²) in [5, 5.41) is 2.91. The van der Waals surface area contributed by atoms with Crippen LogP contribution in [0.25, 0.3) is 0 Å². The molecule has 0 aliphatic heterocycles. The number of hydrogen-bond acceptors (Lipinski definition) is 2. The molecule has 1 rings (SSSR count). The Kier molecular flexibility index (Phi) is 6.35. The van der Waals surface area contributed by atoms with Gasteiger partial charge in [0.25, 0.3) is 5.91 Å². The van der Waals surface area contributed by atoms with E-state index < -0.39 is 0 Å². The second-order valence-electron chi connectivity index (χ2n) is 5.01. The lowest BCUT2D eigenvalue weighted by Gasteiger charge is -2.17. The number of hydrogen-bond donors (Lipinski definition) is 1. The summed E-state index contributed by atoms with van der Waals surface area (Å²) in [6, 6.07) is 6.07. The van der Waals surface area contributed by atoms with Gasteiger partial charge in [-0.3, -0.25) is 4.79 Å². The van der Waals surface area contributed by atoms with E-state index in [0.717, 1.165) is 10.9 Å². The Morgan fingerprint density at radius 2 is 2.05 bits per heavy atom. The van der Waals surface area contributed by atoms with Crippen LogP contribution in [0.2, 0.25) is 0 Å². The van der Waals surface area contributed by atoms with Gasteiger partial charge < -0.3 is 10.1 Å². The molecule has 1 N–H and O–H groups in total. The molecule has 0 radical (unpaired) electrons. The first kappa shape index (κ1) is 16.0. The van der Waals surface area contributed by atoms with E-state index in [1.165, 1.54) is 5.56 Å². The van der Waals surface area contributed by atoms with Crippen LogP contribution in [0, 0.1) is 5.92 Å². The van der Waals surface area contributed by atoms with Crippen molar-refractivity contribution in [1.82, 2.24) is 5.32 Å². The van der Waals surface area contributed by atoms with Crippen molar-refractivity contribution in [1.29, 1.82) is 0 Å². The van der Waals surface area contributed by atoms with Crippen LogP contribution in [-0.2, 0) is 11.2 Å². The predicted octanol–water partition coefficient (Wildman–Crippen LogP) is 3.55. The predicted molar refractivity (Wildman–Crippen MR) is 81.5 cm³/mol. The van der Waals surface area contributed by atoms with E-state index in [1.54, 1.807) is 0 Å². The second-order valence-corrected chi connectivity index (χ2v) is 5.86. The summed E-state index contributed by atoms with van der Waals surface area (Å²) in [6.07, 6.45) is 0.977. The SMILES string of the molecule is CCc1ccc(OCC(=O)N[C@H](C)C(C)C)c(Br)c1. The van der Waals surface area contributed by atoms with Crippen molar-refractivity contribution in [2.75, 3.05) is 6.61 Å². The molecular formula is C15H22BrNO2. The maximum atomic E-state index is 11.7. The number of carbonyl (C=O) groups excluding carboxylic acids is 1. The Bertz CT molecular complexity index is 432. The molecule has 19 heavy (non-hydrogen) atoms. The first-order valence-corrected chi connectivity index (χ1v) is 7.44. The Labute approximate surface area is 123 Å². The van der Waals surface area contributed by atoms with E-state index in [4.69, 9.17) is 4.74 Å². The molecular weight excluding hydrogens is 306 g/mol. The Morgan fingerprint density at radius 3 is 2.58 bits per heavy atom. The molecule has 0 fully saturated rings. The standard InChI is InChI=1S/C15H22BrNO2/c1-5-12-6-7-14(13(16)8-12)19-9-15(18)17-11(4)10(2)3/h6-8,10-11H,5,9H2,1-4H3,(H,17,18)/t11-/m1/s1. The zero-order valence-electron chi connectivity index (χ0n) is 12.0. The molecule has 1 aromatic rings. The van der Waals surface area contributed by atoms with E-state index in [1.807, 2.05) is 25.1 Å². The summed E-state index contributed by atoms with van der Waals surface area (Å²) in [7, 11) is 0. The van der Waals surface area contributed by atoms with E-state index in [9.17, 15) is 4.79 Å². The van der Waals surface area contributed by atoms with Crippen LogP contribution >= 0.6 is 15.9 Å². The van der Waals surface area contributed by atoms with Gasteiger partial charge in [0.05, 0.1) is 4.47 Å². The van der Waals surface area contributed by atoms with Gasteiger partial charge in [0.2, 0.25) is 0 Å². The zero-order chi connectivity index (χ0) is 14.4. The van der Waals surface area contributed by atoms with Gasteiger partial charge in [-0.05, 0) is 52.9 Å². The van der Waals surface area contributed by atoms with Gasteiger partial charge in [-0.1, -0.05) is 26.8 Å². The van der Waals surface area contributed by atoms with Crippen LogP contribution in [0.1, 0.15) is 33.3 Å². The van der Waals surface area contributed by atoms with Gasteiger partial charge in [-0.2, -0.15) is 0 Å². The number of ether oxygens (including phenoxy) is 1. The largest absolute Gasteiger partial charge is 0.483 e. The summed E-state index contributed by atoms with van der Waals surface area (Å²) < 4.78 is 6.41. The summed E-state index contributed by atoms with van der Waals surface area (Å²) in [6.45, 7) is 8.29. The lowest BCUT2D eigenvalue weighted by Crippen LogP contribution is -2.38. The molecule has 0 bridgehead atoms. The highest BCUT2D eigenvalue weighted by Crippen LogP contribution is 2.26. The fourth-order valence-electron chi connectivity index (χ4n) is 1.49. The van der Waals surface area contributed by atoms with Crippen molar-refractivity contribution in [2.45, 2.75) is 40.2 Å². The van der Waals surface area contributed by atoms with Crippen molar-refractivity contribution in [3.8, 4) is 5.75 Å². The Balaban J connectivity index is 2.50. The van der Waals surface area contributed by atoms with Crippen LogP contribution in [0.3, 0.4) is 0 Å². The number of halogens is 1. The van der Waals surface area contributed by atoms with Crippen molar-refractivity contribution >= 4 is 21.8 Å². The minimum Gasteiger partial charge on any atom is -0.483 e. The second kappa shape index (κ2) is 7.53. The third-order valence-electron chi connectivity index (χ3n) is 3.15. The summed E-state index contributed by atoms with van der Waals surface area (Å²) in [5.74, 6) is 1.02. The van der Waals surface area contributed by atoms with Gasteiger partial charge in [0.15, 0.2) is 6.61 Å². The summed E-state index contributed by atoms with van der Waals surface area (Å²) >= 11 is 3.46. The van der Waals surface area contributed by atoms with E-state index >= 15 is 0 Å². The van der Waals surface area contributed by atoms with Crippen molar-refractivity contribution in [3.05, 3.63) is 28.2 Å². The highest BCUT2D eigenvalue weighted by Gasteiger charge is 2.11. The highest BCUT2D eigenvalue weighted by molar-refractivity contribution is 9.10. The van der Waals surface area contributed by atoms with Gasteiger partial charge in [0, 0.05) is 6.04 Å². The number of aryl methyl sites for hydroxylation is 1. The van der Waals surface area contributed by atoms with E-state index in [2.05, 4.69) is 42.0 Å². The molecule has 1 aromatic carbocycles. The average Bonchev–Trinajstić information content (AvgIpc) is 2.36. The molecule has 0 saturated heterocycles. The molecule has 4 heteroatoms. The third-order valence-corrected chi connectivity index (χ3v) is 3.77. The molecule has 1 amide bonds. The zero-order valence-corrected chi connectivity index (χ0v) is 13.6. The first-order valence-electron chi connectivity index (χ1n) is 6.64. The third kappa shape index (κ3) is 5.23. The Morgan fingerprint density at radius 1 is 1.37 bits per heavy atom. The lowest BCUT2D eigenvalue weighted by atomic mass is 10.1. The maximum absolute atomic E-state index is 11.7. The normalized spacial score (nSPS) is 12.3. The quantitative estimate of drug-likeness (QED) is 0.867. The average molecular weight is 328 g/mol. The minimum absolute atomic E-state index is 0.0428. The summed E-state index contributed by atoms with van der Waals surface area (Å²) in [5.41, 5.74) is 1.23. The molecule has 0 unspecified atom stereocenters. The minimum atomic E-state index is -0.0901. The van der Waals surface area contributed by atoms with Crippen LogP contribution in [0.5, 0.6) is 5.75 Å². The monoisotopic (exact) mass is 327 g/mol. The first-order chi connectivity index (χ1) is 8.93. The van der Waals surface area contributed by atoms with Crippen LogP contribution < -0.4 is 10.1 Å². The fraction of sp³-hybridized carbons (Fsp3) is 0.533. The molecule has 3 nitrogen and oxygen atoms in total. The summed E-state index contributed by atoms with van der Waals surface area (Å²) in [4.78, 5) is 11.7. The number of nitrogens with one attached hydrogen (secondary N) is 1. The van der Waals surface area contributed by atoms with Gasteiger partial charge in [-0.25, -0.2) is 0 Å². The lowest BCUT2D eigenvalue weighted by molar-refractivity contribution is -0.124. The number of benzene rings is 1. The fourth-order valence-corrected chi connectivity index (χ4v) is 2.03. The van der Waals surface area contributed by atoms with Crippen molar-refractivity contribution < 1.29 is 9.53 Å². The molecule has 0 aromatic heterocycles. The van der Waals surface area contributed by atoms with Crippen LogP contribution in [-0.4, -0.2) is 18.6 Å². The highest BCUT2D eigenvalue weighted by atomic mass is 79.9. The topological polar surface area (TPSA) is 38.3 Å². The molecule has 106 valence electrons. The van der Waals surface area contributed by atoms with E-state index in [-0.39, 0.29) is 18.6 Å². The molecule has 0 heterocycles. The Hall–Kier alpha value is -1.03. The number of rotatable bonds is 6. The number of amides is 1. The van der Waals surface area contributed by atoms with Gasteiger partial charge >= 0.3 is 0 Å². The van der Waals surface area contributed by atoms with Crippen LogP contribution in [0.15, 0.2) is 22.7 Å². The maximum Gasteiger partial charge on any atom is 0.258 e. The molecule has 0 spiro atoms. The van der Waals surface area contributed by atoms with E-state index in [0.29, 0.717) is 11.7 Å². The van der Waals surface area contributed by atoms with Crippen molar-refractivity contribution in [2.24, 2.45) is 5.92 Å². The van der Waals surface area contributed by atoms with Crippen LogP contribution in [0.4, 0.5) is 0 Å². The number of carbonyl (C=O) groups is 1. The molecule has 0 saturated carbocycles. The molecule has 0 aliphatic carbocycles. The van der Waals surface area contributed by atoms with Gasteiger partial charge in [0.1, 0.15) is 5.75 Å².